The van der Waals surface area contributed by atoms with Crippen LogP contribution in [0.1, 0.15) is 18.6 Å². The van der Waals surface area contributed by atoms with Crippen molar-refractivity contribution in [2.24, 2.45) is 17.6 Å². The van der Waals surface area contributed by atoms with E-state index in [1.54, 1.807) is 27.3 Å². The molecule has 2 atom stereocenters. The molecule has 2 unspecified atom stereocenters. The number of hydrogen-bond acceptors (Lipinski definition) is 7. The fourth-order valence-corrected chi connectivity index (χ4v) is 5.25. The third kappa shape index (κ3) is 5.46. The van der Waals surface area contributed by atoms with Crippen LogP contribution in [0, 0.1) is 11.8 Å². The lowest BCUT2D eigenvalue weighted by Crippen LogP contribution is -2.26. The minimum absolute atomic E-state index is 0.0943. The number of nitrogens with zero attached hydrogens (tertiary/aromatic N) is 4. The Morgan fingerprint density at radius 3 is 1.84 bits per heavy atom. The summed E-state index contributed by atoms with van der Waals surface area (Å²) in [6.07, 6.45) is 1.59. The minimum atomic E-state index is -0.384. The summed E-state index contributed by atoms with van der Waals surface area (Å²) in [5.41, 5.74) is 6.71. The van der Waals surface area contributed by atoms with Crippen LogP contribution >= 0.6 is 31.9 Å². The first-order valence-corrected chi connectivity index (χ1v) is 12.9. The molecule has 0 bridgehead atoms. The molecule has 0 fully saturated rings. The Morgan fingerprint density at radius 2 is 1.35 bits per heavy atom. The second kappa shape index (κ2) is 10.9. The summed E-state index contributed by atoms with van der Waals surface area (Å²) < 4.78 is 5.19. The maximum atomic E-state index is 12.3. The molecule has 1 amide bonds. The predicted octanol–water partition coefficient (Wildman–Crippen LogP) is 2.58. The minimum Gasteiger partial charge on any atom is -0.369 e. The molecular weight excluding hydrogens is 610 g/mol. The Hall–Kier alpha value is -3.47. The Labute approximate surface area is 226 Å². The zero-order valence-corrected chi connectivity index (χ0v) is 22.8. The monoisotopic (exact) mass is 629 g/mol. The number of benzene rings is 2. The van der Waals surface area contributed by atoms with Gasteiger partial charge in [0, 0.05) is 34.9 Å². The topological polar surface area (TPSA) is 147 Å². The molecular formula is C25H21Br2N5O5. The maximum Gasteiger partial charge on any atom is 0.373 e. The van der Waals surface area contributed by atoms with Crippen LogP contribution in [-0.4, -0.2) is 31.2 Å². The van der Waals surface area contributed by atoms with Gasteiger partial charge >= 0.3 is 6.15 Å². The number of carbonyl (C=O) groups excluding carboxylic acids is 3. The maximum absolute atomic E-state index is 12.3. The number of primary amides is 1. The summed E-state index contributed by atoms with van der Waals surface area (Å²) in [7, 11) is 0. The lowest BCUT2D eigenvalue weighted by molar-refractivity contribution is -0.191. The van der Waals surface area contributed by atoms with Crippen molar-refractivity contribution in [2.45, 2.75) is 32.9 Å². The first kappa shape index (κ1) is 26.6. The molecule has 0 saturated carbocycles. The summed E-state index contributed by atoms with van der Waals surface area (Å²) in [5.74, 6) is 1.36. The second-order valence-electron chi connectivity index (χ2n) is 8.91. The summed E-state index contributed by atoms with van der Waals surface area (Å²) in [6, 6.07) is 11.0. The Balaban J connectivity index is 0.000000157. The zero-order chi connectivity index (χ0) is 26.9. The number of carbonyl (C=O) groups is 1. The van der Waals surface area contributed by atoms with Crippen molar-refractivity contribution in [2.75, 3.05) is 0 Å². The average molecular weight is 631 g/mol. The first-order valence-electron chi connectivity index (χ1n) is 11.3. The number of rotatable bonds is 1. The second-order valence-corrected chi connectivity index (χ2v) is 10.7. The third-order valence-corrected chi connectivity index (χ3v) is 7.24. The van der Waals surface area contributed by atoms with Gasteiger partial charge in [-0.3, -0.25) is 23.5 Å². The van der Waals surface area contributed by atoms with E-state index in [0.29, 0.717) is 41.0 Å². The third-order valence-electron chi connectivity index (χ3n) is 6.25. The lowest BCUT2D eigenvalue weighted by Gasteiger charge is -2.04. The van der Waals surface area contributed by atoms with Crippen LogP contribution in [0.4, 0.5) is 0 Å². The molecule has 0 radical (unpaired) electrons. The summed E-state index contributed by atoms with van der Waals surface area (Å²) >= 11 is 6.75. The van der Waals surface area contributed by atoms with Gasteiger partial charge in [0.2, 0.25) is 5.91 Å². The van der Waals surface area contributed by atoms with E-state index in [0.717, 1.165) is 33.3 Å². The van der Waals surface area contributed by atoms with E-state index in [9.17, 15) is 14.4 Å². The molecule has 2 aliphatic heterocycles. The van der Waals surface area contributed by atoms with E-state index in [-0.39, 0.29) is 29.1 Å². The van der Waals surface area contributed by atoms with E-state index in [1.807, 2.05) is 18.2 Å². The van der Waals surface area contributed by atoms with Gasteiger partial charge in [-0.15, -0.1) is 0 Å². The number of nitrogens with two attached hydrogens (primary N) is 1. The van der Waals surface area contributed by atoms with Gasteiger partial charge in [0.25, 0.3) is 11.1 Å². The van der Waals surface area contributed by atoms with Crippen LogP contribution in [0.5, 0.6) is 0 Å². The van der Waals surface area contributed by atoms with Crippen molar-refractivity contribution in [3.63, 3.8) is 0 Å². The molecule has 190 valence electrons. The Morgan fingerprint density at radius 1 is 0.892 bits per heavy atom. The van der Waals surface area contributed by atoms with E-state index in [1.165, 1.54) is 0 Å². The SMILES string of the molecule is CC1Cc2nc3cc(Br)ccc3c(=O)n2C1.NC(=O)C1Cc2nc3cc(Br)ccc3c(=O)n2C1.O=C=O. The van der Waals surface area contributed by atoms with Crippen LogP contribution in [0.3, 0.4) is 0 Å². The normalized spacial score (nSPS) is 17.2. The zero-order valence-electron chi connectivity index (χ0n) is 19.6. The Kier molecular flexibility index (Phi) is 7.82. The van der Waals surface area contributed by atoms with Gasteiger partial charge in [-0.25, -0.2) is 9.97 Å². The van der Waals surface area contributed by atoms with Crippen molar-refractivity contribution in [3.05, 3.63) is 77.7 Å². The molecule has 12 heteroatoms. The number of aromatic nitrogens is 4. The summed E-state index contributed by atoms with van der Waals surface area (Å²) in [4.78, 5) is 60.9. The molecule has 4 aromatic rings. The standard InChI is InChI=1S/C12H10BrN3O2.C12H11BrN2O.CO2/c13-7-1-2-8-9(4-7)15-10-3-6(11(14)17)5-16(10)12(8)18;1-7-4-11-14-10-5-8(13)2-3-9(10)12(16)15(11)6-7;2-1-3/h1-2,4,6H,3,5H2,(H2,14,17);2-3,5,7H,4,6H2,1H3;. The van der Waals surface area contributed by atoms with E-state index in [2.05, 4.69) is 48.8 Å². The summed E-state index contributed by atoms with van der Waals surface area (Å²) in [5, 5.41) is 1.27. The molecule has 10 nitrogen and oxygen atoms in total. The molecule has 2 N–H and O–H groups in total. The van der Waals surface area contributed by atoms with Crippen molar-refractivity contribution in [1.29, 1.82) is 0 Å². The fraction of sp³-hybridized carbons (Fsp3) is 0.280. The van der Waals surface area contributed by atoms with E-state index >= 15 is 0 Å². The number of amides is 1. The van der Waals surface area contributed by atoms with Crippen molar-refractivity contribution in [1.82, 2.24) is 19.1 Å². The van der Waals surface area contributed by atoms with Crippen LogP contribution < -0.4 is 16.9 Å². The molecule has 0 aliphatic carbocycles. The van der Waals surface area contributed by atoms with Gasteiger partial charge in [0.05, 0.1) is 27.7 Å². The van der Waals surface area contributed by atoms with Gasteiger partial charge in [-0.1, -0.05) is 38.8 Å². The van der Waals surface area contributed by atoms with Gasteiger partial charge in [-0.2, -0.15) is 9.59 Å². The molecule has 37 heavy (non-hydrogen) atoms. The van der Waals surface area contributed by atoms with Gasteiger partial charge in [0.15, 0.2) is 0 Å². The van der Waals surface area contributed by atoms with E-state index in [4.69, 9.17) is 15.3 Å². The smallest absolute Gasteiger partial charge is 0.369 e. The quantitative estimate of drug-likeness (QED) is 0.340. The van der Waals surface area contributed by atoms with Gasteiger partial charge in [0.1, 0.15) is 11.6 Å². The lowest BCUT2D eigenvalue weighted by atomic mass is 10.1. The van der Waals surface area contributed by atoms with Crippen molar-refractivity contribution >= 4 is 65.7 Å². The molecule has 4 heterocycles. The van der Waals surface area contributed by atoms with Gasteiger partial charge < -0.3 is 5.73 Å². The van der Waals surface area contributed by atoms with Gasteiger partial charge in [-0.05, 0) is 42.3 Å². The number of hydrogen-bond donors (Lipinski definition) is 1. The van der Waals surface area contributed by atoms with Crippen molar-refractivity contribution in [3.8, 4) is 0 Å². The van der Waals surface area contributed by atoms with Crippen LogP contribution in [0.15, 0.2) is 54.9 Å². The number of halogens is 2. The largest absolute Gasteiger partial charge is 0.373 e. The van der Waals surface area contributed by atoms with Crippen LogP contribution in [-0.2, 0) is 40.3 Å². The highest BCUT2D eigenvalue weighted by Crippen LogP contribution is 2.22. The molecule has 2 aromatic carbocycles. The molecule has 2 aliphatic rings. The molecule has 0 saturated heterocycles. The first-order chi connectivity index (χ1) is 17.6. The molecule has 6 rings (SSSR count). The van der Waals surface area contributed by atoms with Crippen LogP contribution in [0.2, 0.25) is 0 Å². The van der Waals surface area contributed by atoms with Crippen LogP contribution in [0.25, 0.3) is 21.8 Å². The molecule has 0 spiro atoms. The highest BCUT2D eigenvalue weighted by atomic mass is 79.9. The van der Waals surface area contributed by atoms with E-state index < -0.39 is 0 Å². The summed E-state index contributed by atoms with van der Waals surface area (Å²) in [6.45, 7) is 3.28. The Bertz CT molecular complexity index is 1690. The fourth-order valence-electron chi connectivity index (χ4n) is 4.55. The predicted molar refractivity (Wildman–Crippen MR) is 142 cm³/mol. The molecule has 2 aromatic heterocycles. The van der Waals surface area contributed by atoms with Crippen molar-refractivity contribution < 1.29 is 14.4 Å². The average Bonchev–Trinajstić information content (AvgIpc) is 3.43. The number of fused-ring (bicyclic) bond motifs is 4. The highest BCUT2D eigenvalue weighted by Gasteiger charge is 2.28. The highest BCUT2D eigenvalue weighted by molar-refractivity contribution is 9.10.